The van der Waals surface area contributed by atoms with Crippen molar-refractivity contribution in [2.24, 2.45) is 7.05 Å². The van der Waals surface area contributed by atoms with E-state index in [2.05, 4.69) is 4.98 Å². The van der Waals surface area contributed by atoms with Crippen LogP contribution in [-0.4, -0.2) is 14.7 Å². The van der Waals surface area contributed by atoms with Crippen molar-refractivity contribution in [3.8, 4) is 0 Å². The second kappa shape index (κ2) is 4.85. The SMILES string of the molecule is Cn1cnc(C(O)Cc2ccc(Cl)cc2F)c1. The third-order valence-electron chi connectivity index (χ3n) is 2.49. The fourth-order valence-electron chi connectivity index (χ4n) is 1.61. The lowest BCUT2D eigenvalue weighted by Gasteiger charge is -2.08. The number of benzene rings is 1. The lowest BCUT2D eigenvalue weighted by atomic mass is 10.1. The number of aryl methyl sites for hydroxylation is 1. The van der Waals surface area contributed by atoms with Gasteiger partial charge >= 0.3 is 0 Å². The highest BCUT2D eigenvalue weighted by atomic mass is 35.5. The van der Waals surface area contributed by atoms with Crippen LogP contribution in [0, 0.1) is 5.82 Å². The van der Waals surface area contributed by atoms with Crippen molar-refractivity contribution in [2.45, 2.75) is 12.5 Å². The lowest BCUT2D eigenvalue weighted by Crippen LogP contribution is -2.04. The van der Waals surface area contributed by atoms with Crippen LogP contribution in [0.25, 0.3) is 0 Å². The minimum absolute atomic E-state index is 0.181. The lowest BCUT2D eigenvalue weighted by molar-refractivity contribution is 0.172. The third kappa shape index (κ3) is 2.84. The monoisotopic (exact) mass is 254 g/mol. The van der Waals surface area contributed by atoms with Gasteiger partial charge in [0.05, 0.1) is 12.0 Å². The van der Waals surface area contributed by atoms with E-state index in [1.165, 1.54) is 6.07 Å². The zero-order valence-electron chi connectivity index (χ0n) is 9.27. The van der Waals surface area contributed by atoms with E-state index >= 15 is 0 Å². The molecule has 3 nitrogen and oxygen atoms in total. The zero-order chi connectivity index (χ0) is 12.4. The molecule has 0 saturated heterocycles. The Hall–Kier alpha value is -1.39. The van der Waals surface area contributed by atoms with Gasteiger partial charge in [-0.2, -0.15) is 0 Å². The molecule has 0 saturated carbocycles. The molecular formula is C12H12ClFN2O. The van der Waals surface area contributed by atoms with Crippen molar-refractivity contribution in [2.75, 3.05) is 0 Å². The van der Waals surface area contributed by atoms with E-state index < -0.39 is 11.9 Å². The maximum Gasteiger partial charge on any atom is 0.127 e. The molecule has 1 aromatic heterocycles. The molecule has 0 amide bonds. The van der Waals surface area contributed by atoms with Crippen molar-refractivity contribution in [1.82, 2.24) is 9.55 Å². The summed E-state index contributed by atoms with van der Waals surface area (Å²) in [5, 5.41) is 10.3. The molecule has 0 aliphatic heterocycles. The Labute approximate surface area is 103 Å². The fraction of sp³-hybridized carbons (Fsp3) is 0.250. The Bertz CT molecular complexity index is 527. The molecule has 2 rings (SSSR count). The zero-order valence-corrected chi connectivity index (χ0v) is 10.0. The van der Waals surface area contributed by atoms with Gasteiger partial charge in [0.2, 0.25) is 0 Å². The van der Waals surface area contributed by atoms with E-state index in [1.54, 1.807) is 29.2 Å². The maximum atomic E-state index is 13.5. The predicted octanol–water partition coefficient (Wildman–Crippen LogP) is 2.49. The number of aliphatic hydroxyl groups excluding tert-OH is 1. The maximum absolute atomic E-state index is 13.5. The van der Waals surface area contributed by atoms with Crippen LogP contribution in [-0.2, 0) is 13.5 Å². The van der Waals surface area contributed by atoms with Gasteiger partial charge in [0.1, 0.15) is 11.9 Å². The van der Waals surface area contributed by atoms with Gasteiger partial charge in [-0.15, -0.1) is 0 Å². The number of hydrogen-bond acceptors (Lipinski definition) is 2. The molecule has 0 radical (unpaired) electrons. The van der Waals surface area contributed by atoms with Gasteiger partial charge in [-0.3, -0.25) is 0 Å². The van der Waals surface area contributed by atoms with Crippen LogP contribution >= 0.6 is 11.6 Å². The first-order valence-corrected chi connectivity index (χ1v) is 5.54. The van der Waals surface area contributed by atoms with Crippen molar-refractivity contribution >= 4 is 11.6 Å². The molecule has 1 N–H and O–H groups in total. The number of hydrogen-bond donors (Lipinski definition) is 1. The molecule has 17 heavy (non-hydrogen) atoms. The largest absolute Gasteiger partial charge is 0.386 e. The van der Waals surface area contributed by atoms with Gasteiger partial charge in [0, 0.05) is 24.7 Å². The molecular weight excluding hydrogens is 243 g/mol. The molecule has 1 atom stereocenters. The van der Waals surface area contributed by atoms with Crippen LogP contribution in [0.4, 0.5) is 4.39 Å². The van der Waals surface area contributed by atoms with Gasteiger partial charge < -0.3 is 9.67 Å². The van der Waals surface area contributed by atoms with Crippen LogP contribution in [0.15, 0.2) is 30.7 Å². The minimum atomic E-state index is -0.813. The van der Waals surface area contributed by atoms with Crippen LogP contribution in [0.2, 0.25) is 5.02 Å². The Morgan fingerprint density at radius 1 is 1.53 bits per heavy atom. The summed E-state index contributed by atoms with van der Waals surface area (Å²) in [6.07, 6.45) is 2.67. The summed E-state index contributed by atoms with van der Waals surface area (Å²) in [6, 6.07) is 4.41. The summed E-state index contributed by atoms with van der Waals surface area (Å²) in [5.41, 5.74) is 0.953. The van der Waals surface area contributed by atoms with Crippen molar-refractivity contribution < 1.29 is 9.50 Å². The average Bonchev–Trinajstić information content (AvgIpc) is 2.69. The molecule has 0 aliphatic rings. The van der Waals surface area contributed by atoms with Crippen LogP contribution in [0.5, 0.6) is 0 Å². The third-order valence-corrected chi connectivity index (χ3v) is 2.73. The van der Waals surface area contributed by atoms with E-state index in [9.17, 15) is 9.50 Å². The Morgan fingerprint density at radius 2 is 2.29 bits per heavy atom. The second-order valence-corrected chi connectivity index (χ2v) is 4.36. The summed E-state index contributed by atoms with van der Waals surface area (Å²) in [6.45, 7) is 0. The fourth-order valence-corrected chi connectivity index (χ4v) is 1.76. The number of nitrogens with zero attached hydrogens (tertiary/aromatic N) is 2. The topological polar surface area (TPSA) is 38.0 Å². The molecule has 2 aromatic rings. The Balaban J connectivity index is 2.15. The van der Waals surface area contributed by atoms with E-state index in [0.717, 1.165) is 0 Å². The highest BCUT2D eigenvalue weighted by molar-refractivity contribution is 6.30. The Kier molecular flexibility index (Phi) is 3.45. The van der Waals surface area contributed by atoms with Gasteiger partial charge in [-0.25, -0.2) is 9.37 Å². The summed E-state index contributed by atoms with van der Waals surface area (Å²) in [4.78, 5) is 4.02. The van der Waals surface area contributed by atoms with Gasteiger partial charge in [-0.1, -0.05) is 17.7 Å². The first-order chi connectivity index (χ1) is 8.06. The molecule has 0 spiro atoms. The van der Waals surface area contributed by atoms with E-state index in [-0.39, 0.29) is 6.42 Å². The highest BCUT2D eigenvalue weighted by Crippen LogP contribution is 2.21. The average molecular weight is 255 g/mol. The first kappa shape index (κ1) is 12.1. The number of aromatic nitrogens is 2. The van der Waals surface area contributed by atoms with Crippen molar-refractivity contribution in [3.63, 3.8) is 0 Å². The standard InChI is InChI=1S/C12H12ClFN2O/c1-16-6-11(15-7-16)12(17)4-8-2-3-9(13)5-10(8)14/h2-3,5-7,12,17H,4H2,1H3. The van der Waals surface area contributed by atoms with Crippen molar-refractivity contribution in [3.05, 3.63) is 52.8 Å². The summed E-state index contributed by atoms with van der Waals surface area (Å²) < 4.78 is 15.2. The van der Waals surface area contributed by atoms with Crippen LogP contribution < -0.4 is 0 Å². The molecule has 1 heterocycles. The van der Waals surface area contributed by atoms with Gasteiger partial charge in [-0.05, 0) is 17.7 Å². The quantitative estimate of drug-likeness (QED) is 0.914. The normalized spacial score (nSPS) is 12.7. The molecule has 1 aromatic carbocycles. The molecule has 5 heteroatoms. The smallest absolute Gasteiger partial charge is 0.127 e. The van der Waals surface area contributed by atoms with E-state index in [0.29, 0.717) is 16.3 Å². The van der Waals surface area contributed by atoms with Crippen LogP contribution in [0.1, 0.15) is 17.4 Å². The van der Waals surface area contributed by atoms with Gasteiger partial charge in [0.25, 0.3) is 0 Å². The number of aliphatic hydroxyl groups is 1. The Morgan fingerprint density at radius 3 is 2.88 bits per heavy atom. The highest BCUT2D eigenvalue weighted by Gasteiger charge is 2.13. The van der Waals surface area contributed by atoms with Gasteiger partial charge in [0.15, 0.2) is 0 Å². The summed E-state index contributed by atoms with van der Waals surface area (Å²) in [5.74, 6) is -0.410. The number of imidazole rings is 1. The van der Waals surface area contributed by atoms with Crippen molar-refractivity contribution in [1.29, 1.82) is 0 Å². The molecule has 0 bridgehead atoms. The summed E-state index contributed by atoms with van der Waals surface area (Å²) >= 11 is 5.66. The number of rotatable bonds is 3. The summed E-state index contributed by atoms with van der Waals surface area (Å²) in [7, 11) is 1.81. The minimum Gasteiger partial charge on any atom is -0.386 e. The molecule has 0 fully saturated rings. The molecule has 1 unspecified atom stereocenters. The predicted molar refractivity (Wildman–Crippen MR) is 63.3 cm³/mol. The first-order valence-electron chi connectivity index (χ1n) is 5.16. The molecule has 90 valence electrons. The van der Waals surface area contributed by atoms with Crippen LogP contribution in [0.3, 0.4) is 0 Å². The van der Waals surface area contributed by atoms with E-state index in [4.69, 9.17) is 11.6 Å². The number of halogens is 2. The van der Waals surface area contributed by atoms with E-state index in [1.807, 2.05) is 7.05 Å². The second-order valence-electron chi connectivity index (χ2n) is 3.92. The molecule has 0 aliphatic carbocycles.